The Hall–Kier alpha value is -4.21. The molecule has 8 rings (SSSR count). The predicted octanol–water partition coefficient (Wildman–Crippen LogP) is 7.20. The van der Waals surface area contributed by atoms with E-state index in [4.69, 9.17) is 19.4 Å². The molecule has 0 fully saturated rings. The first-order valence-corrected chi connectivity index (χ1v) is 14.7. The Balaban J connectivity index is 0.00000312. The van der Waals surface area contributed by atoms with Crippen LogP contribution in [0.25, 0.3) is 33.3 Å². The molecule has 6 aromatic rings. The summed E-state index contributed by atoms with van der Waals surface area (Å²) in [6.45, 7) is 10.6. The van der Waals surface area contributed by atoms with Crippen molar-refractivity contribution in [2.24, 2.45) is 0 Å². The van der Waals surface area contributed by atoms with Gasteiger partial charge in [0.2, 0.25) is 6.71 Å². The minimum Gasteiger partial charge on any atom is -0.503 e. The Bertz CT molecular complexity index is 2100. The van der Waals surface area contributed by atoms with E-state index in [1.54, 1.807) is 0 Å². The molecule has 0 spiro atoms. The third-order valence-corrected chi connectivity index (χ3v) is 8.53. The van der Waals surface area contributed by atoms with E-state index in [9.17, 15) is 0 Å². The Morgan fingerprint density at radius 2 is 1.32 bits per heavy atom. The molecule has 2 aliphatic rings. The fourth-order valence-corrected chi connectivity index (χ4v) is 6.27. The topological polar surface area (TPSA) is 44.2 Å². The van der Waals surface area contributed by atoms with Crippen molar-refractivity contribution in [2.75, 3.05) is 0 Å². The van der Waals surface area contributed by atoms with Gasteiger partial charge in [0.25, 0.3) is 0 Å². The summed E-state index contributed by atoms with van der Waals surface area (Å²) in [5.74, 6) is 3.21. The van der Waals surface area contributed by atoms with Crippen LogP contribution in [-0.4, -0.2) is 16.7 Å². The van der Waals surface area contributed by atoms with Crippen LogP contribution in [0.3, 0.4) is 0 Å². The summed E-state index contributed by atoms with van der Waals surface area (Å²) in [4.78, 5) is 9.57. The second-order valence-corrected chi connectivity index (χ2v) is 12.7. The zero-order valence-electron chi connectivity index (χ0n) is 25.2. The fourth-order valence-electron chi connectivity index (χ4n) is 6.27. The monoisotopic (exact) mass is 751 g/mol. The second-order valence-electron chi connectivity index (χ2n) is 12.7. The first-order valence-electron chi connectivity index (χ1n) is 14.7. The van der Waals surface area contributed by atoms with Crippen molar-refractivity contribution >= 4 is 33.9 Å². The van der Waals surface area contributed by atoms with Gasteiger partial charge >= 0.3 is 21.1 Å². The maximum atomic E-state index is 6.63. The summed E-state index contributed by atoms with van der Waals surface area (Å²) < 4.78 is 13.2. The molecule has 6 heteroatoms. The number of benzene rings is 4. The van der Waals surface area contributed by atoms with Crippen LogP contribution in [0.2, 0.25) is 0 Å². The van der Waals surface area contributed by atoms with E-state index in [2.05, 4.69) is 113 Å². The Morgan fingerprint density at radius 1 is 0.682 bits per heavy atom. The Morgan fingerprint density at radius 3 is 1.98 bits per heavy atom. The van der Waals surface area contributed by atoms with Gasteiger partial charge in [-0.2, -0.15) is 0 Å². The zero-order valence-corrected chi connectivity index (χ0v) is 27.5. The minimum absolute atomic E-state index is 0. The molecule has 4 aromatic carbocycles. The standard InChI is InChI=1S/C38H29BN2O2.Pt/c1-22-14-23(2)37(41-20-22)26-11-13-33-30(16-26)39-29-15-25(31-17-24-8-6-7-9-27(24)21-40-31)10-12-32(29)42-34-18-28(38(3,4)5)19-35(43-33)36(34)39;/h6-14,17-21H,1-5H3;/q-2;+2. The molecule has 216 valence electrons. The van der Waals surface area contributed by atoms with Gasteiger partial charge in [0.15, 0.2) is 0 Å². The minimum atomic E-state index is -0.169. The predicted molar refractivity (Wildman–Crippen MR) is 174 cm³/mol. The van der Waals surface area contributed by atoms with Crippen LogP contribution in [0.4, 0.5) is 0 Å². The molecule has 4 nitrogen and oxygen atoms in total. The van der Waals surface area contributed by atoms with Gasteiger partial charge in [0, 0.05) is 29.4 Å². The van der Waals surface area contributed by atoms with E-state index in [-0.39, 0.29) is 33.2 Å². The van der Waals surface area contributed by atoms with Gasteiger partial charge in [-0.3, -0.25) is 0 Å². The van der Waals surface area contributed by atoms with Gasteiger partial charge in [-0.15, -0.1) is 58.5 Å². The van der Waals surface area contributed by atoms with E-state index in [1.807, 2.05) is 18.5 Å². The third kappa shape index (κ3) is 4.66. The molecule has 0 saturated carbocycles. The normalized spacial score (nSPS) is 12.8. The SMILES string of the molecule is Cc1cnc(-c2[c-]c3c(cc2)Oc2cc(C(C)(C)C)cc4c2B3c2[c-]c(-c3cc5ccccc5cn3)ccc2O4)c(C)c1.[Pt+2]. The second kappa shape index (κ2) is 10.5. The molecule has 2 aromatic heterocycles. The fraction of sp³-hybridized carbons (Fsp3) is 0.158. The van der Waals surface area contributed by atoms with Crippen molar-refractivity contribution in [1.82, 2.24) is 9.97 Å². The number of ether oxygens (including phenoxy) is 2. The average molecular weight is 752 g/mol. The maximum Gasteiger partial charge on any atom is 2.00 e. The molecular weight excluding hydrogens is 722 g/mol. The number of nitrogens with zero attached hydrogens (tertiary/aromatic N) is 2. The van der Waals surface area contributed by atoms with Crippen LogP contribution in [0.15, 0.2) is 85.2 Å². The summed E-state index contributed by atoms with van der Waals surface area (Å²) in [6, 6.07) is 32.6. The Kier molecular flexibility index (Phi) is 6.79. The summed E-state index contributed by atoms with van der Waals surface area (Å²) >= 11 is 0. The first kappa shape index (κ1) is 28.6. The smallest absolute Gasteiger partial charge is 0.503 e. The van der Waals surface area contributed by atoms with Crippen LogP contribution in [0, 0.1) is 26.0 Å². The van der Waals surface area contributed by atoms with Crippen molar-refractivity contribution in [1.29, 1.82) is 0 Å². The van der Waals surface area contributed by atoms with E-state index in [0.29, 0.717) is 0 Å². The molecule has 0 N–H and O–H groups in total. The number of hydrogen-bond donors (Lipinski definition) is 0. The van der Waals surface area contributed by atoms with Gasteiger partial charge in [-0.25, -0.2) is 0 Å². The van der Waals surface area contributed by atoms with Crippen molar-refractivity contribution < 1.29 is 30.5 Å². The first-order chi connectivity index (χ1) is 20.7. The number of aryl methyl sites for hydroxylation is 2. The van der Waals surface area contributed by atoms with Crippen LogP contribution >= 0.6 is 0 Å². The molecule has 0 radical (unpaired) electrons. The number of aromatic nitrogens is 2. The van der Waals surface area contributed by atoms with Gasteiger partial charge < -0.3 is 19.4 Å². The Labute approximate surface area is 272 Å². The average Bonchev–Trinajstić information content (AvgIpc) is 2.99. The van der Waals surface area contributed by atoms with Gasteiger partial charge in [-0.05, 0) is 64.7 Å². The largest absolute Gasteiger partial charge is 2.00 e. The van der Waals surface area contributed by atoms with Crippen LogP contribution < -0.4 is 25.9 Å². The molecule has 4 heterocycles. The van der Waals surface area contributed by atoms with Crippen molar-refractivity contribution in [3.05, 3.63) is 114 Å². The van der Waals surface area contributed by atoms with E-state index < -0.39 is 0 Å². The molecule has 2 aliphatic heterocycles. The van der Waals surface area contributed by atoms with Gasteiger partial charge in [0.05, 0.1) is 0 Å². The van der Waals surface area contributed by atoms with Crippen molar-refractivity contribution in [3.8, 4) is 45.5 Å². The van der Waals surface area contributed by atoms with E-state index >= 15 is 0 Å². The van der Waals surface area contributed by atoms with Gasteiger partial charge in [0.1, 0.15) is 11.5 Å². The maximum absolute atomic E-state index is 6.63. The quantitative estimate of drug-likeness (QED) is 0.139. The summed E-state index contributed by atoms with van der Waals surface area (Å²) in [7, 11) is 0. The van der Waals surface area contributed by atoms with E-state index in [1.165, 1.54) is 0 Å². The number of fused-ring (bicyclic) bond motifs is 5. The summed E-state index contributed by atoms with van der Waals surface area (Å²) in [6.07, 6.45) is 3.84. The van der Waals surface area contributed by atoms with Crippen molar-refractivity contribution in [2.45, 2.75) is 40.0 Å². The van der Waals surface area contributed by atoms with Gasteiger partial charge in [-0.1, -0.05) is 62.7 Å². The summed E-state index contributed by atoms with van der Waals surface area (Å²) in [5.41, 5.74) is 9.93. The molecular formula is C38H29BN2O2Pt. The molecule has 0 atom stereocenters. The van der Waals surface area contributed by atoms with Crippen LogP contribution in [0.1, 0.15) is 37.5 Å². The molecule has 0 aliphatic carbocycles. The molecule has 0 amide bonds. The third-order valence-electron chi connectivity index (χ3n) is 8.53. The molecule has 0 saturated heterocycles. The summed E-state index contributed by atoms with van der Waals surface area (Å²) in [5, 5.41) is 2.26. The molecule has 0 unspecified atom stereocenters. The zero-order chi connectivity index (χ0) is 29.5. The van der Waals surface area contributed by atoms with E-state index in [0.717, 1.165) is 89.4 Å². The number of rotatable bonds is 2. The van der Waals surface area contributed by atoms with Crippen LogP contribution in [-0.2, 0) is 26.5 Å². The molecule has 44 heavy (non-hydrogen) atoms. The van der Waals surface area contributed by atoms with Crippen molar-refractivity contribution in [3.63, 3.8) is 0 Å². The number of hydrogen-bond acceptors (Lipinski definition) is 4. The molecule has 0 bridgehead atoms. The number of pyridine rings is 2. The van der Waals surface area contributed by atoms with Crippen LogP contribution in [0.5, 0.6) is 23.0 Å².